The summed E-state index contributed by atoms with van der Waals surface area (Å²) in [5, 5.41) is 25.6. The van der Waals surface area contributed by atoms with E-state index in [2.05, 4.69) is 26.6 Å². The molecule has 11 atom stereocenters. The number of esters is 1. The van der Waals surface area contributed by atoms with E-state index in [1.165, 1.54) is 43.2 Å². The van der Waals surface area contributed by atoms with E-state index < -0.39 is 119 Å². The van der Waals surface area contributed by atoms with E-state index in [1.807, 2.05) is 6.92 Å². The van der Waals surface area contributed by atoms with Gasteiger partial charge in [-0.15, -0.1) is 0 Å². The monoisotopic (exact) mass is 1250 g/mol. The maximum atomic E-state index is 14.4. The molecule has 26 nitrogen and oxygen atoms in total. The zero-order valence-corrected chi connectivity index (χ0v) is 52.1. The average molecular weight is 1250 g/mol. The molecule has 7 rings (SSSR count). The van der Waals surface area contributed by atoms with Crippen molar-refractivity contribution in [3.8, 4) is 5.75 Å². The molecular formula is C61H82ClN9O17. The Morgan fingerprint density at radius 1 is 0.920 bits per heavy atom. The summed E-state index contributed by atoms with van der Waals surface area (Å²) in [4.78, 5) is 135. The van der Waals surface area contributed by atoms with Gasteiger partial charge in [0, 0.05) is 63.8 Å². The largest absolute Gasteiger partial charge is 0.495 e. The topological polar surface area (TPSA) is 345 Å². The van der Waals surface area contributed by atoms with Crippen LogP contribution in [0.1, 0.15) is 111 Å². The lowest BCUT2D eigenvalue weighted by molar-refractivity contribution is -0.157. The molecule has 2 aromatic carbocycles. The second-order valence-corrected chi connectivity index (χ2v) is 24.4. The molecule has 1 unspecified atom stereocenters. The molecule has 5 heterocycles. The Hall–Kier alpha value is -7.81. The van der Waals surface area contributed by atoms with Gasteiger partial charge in [-0.25, -0.2) is 14.4 Å². The smallest absolute Gasteiger partial charge is 0.411 e. The molecule has 3 fully saturated rings. The number of hydrogen-bond acceptors (Lipinski definition) is 17. The second kappa shape index (κ2) is 28.6. The Kier molecular flexibility index (Phi) is 22.0. The van der Waals surface area contributed by atoms with Crippen molar-refractivity contribution in [2.75, 3.05) is 44.6 Å². The number of carbonyl (C=O) groups is 10. The molecule has 88 heavy (non-hydrogen) atoms. The van der Waals surface area contributed by atoms with E-state index in [9.17, 15) is 53.1 Å². The molecule has 5 aliphatic heterocycles. The van der Waals surface area contributed by atoms with Crippen molar-refractivity contribution in [2.24, 2.45) is 23.5 Å². The third-order valence-electron chi connectivity index (χ3n) is 16.8. The lowest BCUT2D eigenvalue weighted by Crippen LogP contribution is -2.63. The normalized spacial score (nSPS) is 26.8. The highest BCUT2D eigenvalue weighted by Gasteiger charge is 2.65. The SMILES string of the molecule is COc1cc2cc(c1Cl)N(C)C(=O)C[C@H](OC(=O)C(C)C)[C@]1(C)O[C@H]1[C@H](C)[C@@H]1C[C@@](O)(NC(=O)O1)[C@H](OC)/C=C/[C@H]1N(C(=O)OCc3ccc(NC(=O)[C@H](CCCNC(N)=O)NC(=O)[C@@H](NC(=O)CCCCCN4C(=O)C=CC4=O)C(C)C)cc3)C1(C)C2. The summed E-state index contributed by atoms with van der Waals surface area (Å²) in [5.74, 6) is -4.70. The van der Waals surface area contributed by atoms with Gasteiger partial charge in [-0.1, -0.05) is 76.9 Å². The predicted octanol–water partition coefficient (Wildman–Crippen LogP) is 4.66. The number of nitrogens with two attached hydrogens (primary N) is 1. The molecule has 10 amide bonds. The Morgan fingerprint density at radius 3 is 2.25 bits per heavy atom. The maximum absolute atomic E-state index is 14.4. The average Bonchev–Trinajstić information content (AvgIpc) is 1.67. The van der Waals surface area contributed by atoms with E-state index in [0.717, 1.165) is 4.90 Å². The number of hydrogen-bond donors (Lipinski definition) is 7. The second-order valence-electron chi connectivity index (χ2n) is 24.0. The standard InChI is InChI=1S/C61H82ClN9O17/c1-33(2)51(67-46(72)16-12-11-13-26-70-47(73)23-24-48(70)74)54(77)66-39(15-14-25-64-56(63)79)53(76)65-38-19-17-36(18-20-38)32-85-58(81)71-43-21-22-44(84-10)61(82)31-42(86-57(80)68-61)35(5)52-60(7,88-52)45(87-55(78)34(3)4)29-49(75)69(8)40-27-37(30-59(43,71)6)28-41(83-9)50(40)62/h17-24,27-28,33-35,39,42-45,51-52,82H,11-16,25-26,29-32H2,1-10H3,(H,65,76)(H,66,77)(H,67,72)(H,68,80)(H3,63,64,79)/b22-21+/t35-,39+,42+,43-,44-,45+,51+,52+,59?,60+,61+,71?/m1/s1. The van der Waals surface area contributed by atoms with Crippen LogP contribution in [0.15, 0.2) is 60.7 Å². The fraction of sp³-hybridized carbons (Fsp3) is 0.574. The van der Waals surface area contributed by atoms with E-state index in [4.69, 9.17) is 45.8 Å². The van der Waals surface area contributed by atoms with Gasteiger partial charge in [0.15, 0.2) is 5.72 Å². The number of ether oxygens (including phenoxy) is 6. The highest BCUT2D eigenvalue weighted by molar-refractivity contribution is 6.35. The van der Waals surface area contributed by atoms with Gasteiger partial charge in [0.25, 0.3) is 11.8 Å². The van der Waals surface area contributed by atoms with Crippen molar-refractivity contribution < 1.29 is 81.5 Å². The molecular weight excluding hydrogens is 1170 g/mol. The van der Waals surface area contributed by atoms with Gasteiger partial charge in [0.05, 0.1) is 42.8 Å². The van der Waals surface area contributed by atoms with Crippen LogP contribution in [-0.2, 0) is 70.3 Å². The number of nitrogens with zero attached hydrogens (tertiary/aromatic N) is 3. The first-order chi connectivity index (χ1) is 41.5. The van der Waals surface area contributed by atoms with E-state index in [1.54, 1.807) is 90.1 Å². The van der Waals surface area contributed by atoms with Crippen LogP contribution in [0.3, 0.4) is 0 Å². The Labute approximate surface area is 516 Å². The van der Waals surface area contributed by atoms with Crippen molar-refractivity contribution in [1.82, 2.24) is 31.1 Å². The fourth-order valence-corrected chi connectivity index (χ4v) is 11.7. The first kappa shape index (κ1) is 67.7. The number of unbranched alkanes of at least 4 members (excludes halogenated alkanes) is 2. The molecule has 0 aromatic heterocycles. The fourth-order valence-electron chi connectivity index (χ4n) is 11.4. The molecule has 4 bridgehead atoms. The zero-order chi connectivity index (χ0) is 64.6. The number of primary amides is 1. The number of benzene rings is 2. The van der Waals surface area contributed by atoms with E-state index in [-0.39, 0.29) is 92.4 Å². The van der Waals surface area contributed by atoms with E-state index in [0.29, 0.717) is 36.1 Å². The van der Waals surface area contributed by atoms with Gasteiger partial charge >= 0.3 is 24.2 Å². The number of methoxy groups -OCH3 is 2. The molecule has 0 saturated carbocycles. The van der Waals surface area contributed by atoms with Crippen molar-refractivity contribution in [3.05, 3.63) is 76.9 Å². The number of halogens is 1. The predicted molar refractivity (Wildman–Crippen MR) is 319 cm³/mol. The van der Waals surface area contributed by atoms with Gasteiger partial charge in [-0.2, -0.15) is 0 Å². The quantitative estimate of drug-likeness (QED) is 0.0211. The zero-order valence-electron chi connectivity index (χ0n) is 51.3. The van der Waals surface area contributed by atoms with Crippen LogP contribution in [0.25, 0.3) is 0 Å². The maximum Gasteiger partial charge on any atom is 0.411 e. The van der Waals surface area contributed by atoms with Crippen molar-refractivity contribution >= 4 is 82.6 Å². The molecule has 0 spiro atoms. The minimum Gasteiger partial charge on any atom is -0.495 e. The Morgan fingerprint density at radius 2 is 1.61 bits per heavy atom. The third-order valence-corrected chi connectivity index (χ3v) is 17.2. The molecule has 8 N–H and O–H groups in total. The molecule has 0 radical (unpaired) electrons. The molecule has 0 aliphatic carbocycles. The first-order valence-electron chi connectivity index (χ1n) is 29.5. The van der Waals surface area contributed by atoms with Crippen LogP contribution in [0.2, 0.25) is 5.02 Å². The number of amides is 10. The minimum atomic E-state index is -2.03. The Balaban J connectivity index is 1.06. The first-order valence-corrected chi connectivity index (χ1v) is 29.9. The van der Waals surface area contributed by atoms with Crippen molar-refractivity contribution in [2.45, 2.75) is 172 Å². The number of rotatable bonds is 22. The van der Waals surface area contributed by atoms with Crippen LogP contribution < -0.4 is 42.0 Å². The molecule has 5 aliphatic rings. The van der Waals surface area contributed by atoms with Gasteiger partial charge in [0.1, 0.15) is 53.4 Å². The van der Waals surface area contributed by atoms with Gasteiger partial charge in [-0.05, 0) is 87.3 Å². The minimum absolute atomic E-state index is 0.0737. The number of epoxide rings is 1. The van der Waals surface area contributed by atoms with Gasteiger partial charge < -0.3 is 65.4 Å². The lowest BCUT2D eigenvalue weighted by atomic mass is 9.83. The number of anilines is 2. The third kappa shape index (κ3) is 16.1. The highest BCUT2D eigenvalue weighted by Crippen LogP contribution is 2.51. The van der Waals surface area contributed by atoms with Crippen LogP contribution >= 0.6 is 11.6 Å². The number of imide groups is 1. The van der Waals surface area contributed by atoms with Gasteiger partial charge in [0.2, 0.25) is 23.6 Å². The summed E-state index contributed by atoms with van der Waals surface area (Å²) in [5.41, 5.74) is 2.71. The summed E-state index contributed by atoms with van der Waals surface area (Å²) in [7, 11) is 4.31. The number of alkyl carbamates (subject to hydrolysis) is 1. The van der Waals surface area contributed by atoms with Gasteiger partial charge in [-0.3, -0.25) is 48.7 Å². The summed E-state index contributed by atoms with van der Waals surface area (Å²) in [6.45, 7) is 12.2. The van der Waals surface area contributed by atoms with Crippen LogP contribution in [0.4, 0.5) is 25.8 Å². The summed E-state index contributed by atoms with van der Waals surface area (Å²) < 4.78 is 35.4. The van der Waals surface area contributed by atoms with Crippen LogP contribution in [-0.4, -0.2) is 168 Å². The van der Waals surface area contributed by atoms with E-state index >= 15 is 0 Å². The lowest BCUT2D eigenvalue weighted by Gasteiger charge is -2.42. The van der Waals surface area contributed by atoms with Crippen molar-refractivity contribution in [3.63, 3.8) is 0 Å². The Bertz CT molecular complexity index is 3030. The molecule has 2 aromatic rings. The number of aliphatic hydroxyl groups is 1. The molecule has 480 valence electrons. The number of nitrogens with one attached hydrogen (secondary N) is 5. The molecule has 3 saturated heterocycles. The number of urea groups is 1. The van der Waals surface area contributed by atoms with Crippen LogP contribution in [0, 0.1) is 17.8 Å². The number of carbonyl (C=O) groups excluding carboxylic acids is 10. The highest BCUT2D eigenvalue weighted by atomic mass is 35.5. The summed E-state index contributed by atoms with van der Waals surface area (Å²) in [6.07, 6.45) is 1.59. The van der Waals surface area contributed by atoms with Crippen molar-refractivity contribution in [1.29, 1.82) is 0 Å². The molecule has 27 heteroatoms. The summed E-state index contributed by atoms with van der Waals surface area (Å²) >= 11 is 6.93. The summed E-state index contributed by atoms with van der Waals surface area (Å²) in [6, 6.07) is 6.20. The van der Waals surface area contributed by atoms with Crippen LogP contribution in [0.5, 0.6) is 5.75 Å². The number of fused-ring (bicyclic) bond motifs is 6.